The molecule has 0 aromatic heterocycles. The van der Waals surface area contributed by atoms with Crippen LogP contribution in [0.15, 0.2) is 24.8 Å². The molecule has 0 unspecified atom stereocenters. The van der Waals surface area contributed by atoms with Crippen LogP contribution in [0.5, 0.6) is 17.2 Å². The van der Waals surface area contributed by atoms with Crippen LogP contribution in [0, 0.1) is 0 Å². The Morgan fingerprint density at radius 2 is 1.83 bits per heavy atom. The van der Waals surface area contributed by atoms with Crippen molar-refractivity contribution < 1.29 is 14.2 Å². The zero-order valence-electron chi connectivity index (χ0n) is 14.4. The summed E-state index contributed by atoms with van der Waals surface area (Å²) < 4.78 is 16.6. The number of allylic oxidation sites excluding steroid dienone is 1. The van der Waals surface area contributed by atoms with Gasteiger partial charge in [-0.3, -0.25) is 4.90 Å². The van der Waals surface area contributed by atoms with Gasteiger partial charge in [-0.15, -0.1) is 6.58 Å². The molecule has 1 saturated heterocycles. The summed E-state index contributed by atoms with van der Waals surface area (Å²) in [5.41, 5.74) is 1.15. The largest absolute Gasteiger partial charge is 0.493 e. The Morgan fingerprint density at radius 1 is 1.13 bits per heavy atom. The fourth-order valence-corrected chi connectivity index (χ4v) is 3.19. The van der Waals surface area contributed by atoms with Crippen LogP contribution in [0.25, 0.3) is 0 Å². The molecule has 1 aromatic rings. The van der Waals surface area contributed by atoms with Crippen molar-refractivity contribution in [2.75, 3.05) is 47.5 Å². The number of rotatable bonds is 8. The van der Waals surface area contributed by atoms with Crippen molar-refractivity contribution in [3.05, 3.63) is 30.4 Å². The molecule has 0 amide bonds. The molecule has 1 atom stereocenters. The maximum atomic E-state index is 5.69. The Kier molecular flexibility index (Phi) is 6.74. The Labute approximate surface area is 139 Å². The Balaban J connectivity index is 2.41. The molecule has 0 aliphatic carbocycles. The molecule has 1 N–H and O–H groups in total. The smallest absolute Gasteiger partial charge is 0.203 e. The first kappa shape index (κ1) is 17.6. The Bertz CT molecular complexity index is 513. The number of hydrogen-bond acceptors (Lipinski definition) is 5. The van der Waals surface area contributed by atoms with E-state index < -0.39 is 0 Å². The van der Waals surface area contributed by atoms with Crippen molar-refractivity contribution in [1.82, 2.24) is 10.2 Å². The van der Waals surface area contributed by atoms with E-state index in [9.17, 15) is 0 Å². The SMILES string of the molecule is C=CCC[C@H](c1ccc(OC)c(OC)c1OC)N1CCNCC1. The second kappa shape index (κ2) is 8.79. The first-order valence-electron chi connectivity index (χ1n) is 8.11. The Hall–Kier alpha value is -1.72. The molecular formula is C18H28N2O3. The molecule has 23 heavy (non-hydrogen) atoms. The lowest BCUT2D eigenvalue weighted by atomic mass is 9.97. The predicted molar refractivity (Wildman–Crippen MR) is 92.7 cm³/mol. The lowest BCUT2D eigenvalue weighted by Crippen LogP contribution is -2.45. The summed E-state index contributed by atoms with van der Waals surface area (Å²) in [7, 11) is 4.97. The minimum atomic E-state index is 0.282. The van der Waals surface area contributed by atoms with Crippen LogP contribution in [-0.4, -0.2) is 52.4 Å². The maximum Gasteiger partial charge on any atom is 0.203 e. The van der Waals surface area contributed by atoms with E-state index in [0.717, 1.165) is 50.3 Å². The van der Waals surface area contributed by atoms with Crippen LogP contribution >= 0.6 is 0 Å². The van der Waals surface area contributed by atoms with Gasteiger partial charge in [-0.25, -0.2) is 0 Å². The highest BCUT2D eigenvalue weighted by Gasteiger charge is 2.27. The number of piperazine rings is 1. The minimum Gasteiger partial charge on any atom is -0.493 e. The molecule has 1 aliphatic rings. The van der Waals surface area contributed by atoms with Gasteiger partial charge in [-0.1, -0.05) is 6.08 Å². The van der Waals surface area contributed by atoms with Crippen LogP contribution in [0.3, 0.4) is 0 Å². The van der Waals surface area contributed by atoms with Gasteiger partial charge in [0.25, 0.3) is 0 Å². The first-order valence-corrected chi connectivity index (χ1v) is 8.11. The van der Waals surface area contributed by atoms with Gasteiger partial charge in [0.05, 0.1) is 21.3 Å². The number of nitrogens with zero attached hydrogens (tertiary/aromatic N) is 1. The van der Waals surface area contributed by atoms with Crippen molar-refractivity contribution in [3.63, 3.8) is 0 Å². The van der Waals surface area contributed by atoms with Gasteiger partial charge in [0.1, 0.15) is 0 Å². The third-order valence-corrected chi connectivity index (χ3v) is 4.33. The van der Waals surface area contributed by atoms with Crippen molar-refractivity contribution in [2.24, 2.45) is 0 Å². The van der Waals surface area contributed by atoms with Gasteiger partial charge in [-0.05, 0) is 25.0 Å². The lowest BCUT2D eigenvalue weighted by molar-refractivity contribution is 0.162. The molecule has 1 aromatic carbocycles. The number of methoxy groups -OCH3 is 3. The van der Waals surface area contributed by atoms with Crippen LogP contribution in [-0.2, 0) is 0 Å². The zero-order chi connectivity index (χ0) is 16.7. The standard InChI is InChI=1S/C18H28N2O3/c1-5-6-7-15(20-12-10-19-11-13-20)14-8-9-16(21-2)18(23-4)17(14)22-3/h5,8-9,15,19H,1,6-7,10-13H2,2-4H3/t15-/m1/s1. The third kappa shape index (κ3) is 3.98. The summed E-state index contributed by atoms with van der Waals surface area (Å²) in [4.78, 5) is 2.50. The predicted octanol–water partition coefficient (Wildman–Crippen LogP) is 2.62. The second-order valence-corrected chi connectivity index (χ2v) is 5.59. The Morgan fingerprint density at radius 3 is 2.39 bits per heavy atom. The van der Waals surface area contributed by atoms with Gasteiger partial charge in [0, 0.05) is 37.8 Å². The zero-order valence-corrected chi connectivity index (χ0v) is 14.4. The van der Waals surface area contributed by atoms with E-state index in [1.165, 1.54) is 0 Å². The quantitative estimate of drug-likeness (QED) is 0.746. The molecule has 128 valence electrons. The van der Waals surface area contributed by atoms with Crippen molar-refractivity contribution in [1.29, 1.82) is 0 Å². The van der Waals surface area contributed by atoms with Crippen LogP contribution in [0.2, 0.25) is 0 Å². The van der Waals surface area contributed by atoms with E-state index in [-0.39, 0.29) is 6.04 Å². The van der Waals surface area contributed by atoms with E-state index in [1.54, 1.807) is 21.3 Å². The van der Waals surface area contributed by atoms with E-state index in [0.29, 0.717) is 11.5 Å². The molecule has 0 saturated carbocycles. The molecule has 1 aliphatic heterocycles. The minimum absolute atomic E-state index is 0.282. The highest BCUT2D eigenvalue weighted by Crippen LogP contribution is 2.44. The topological polar surface area (TPSA) is 43.0 Å². The van der Waals surface area contributed by atoms with Gasteiger partial charge in [-0.2, -0.15) is 0 Å². The summed E-state index contributed by atoms with van der Waals surface area (Å²) in [5, 5.41) is 3.41. The highest BCUT2D eigenvalue weighted by molar-refractivity contribution is 5.56. The average Bonchev–Trinajstić information content (AvgIpc) is 2.62. The highest BCUT2D eigenvalue weighted by atomic mass is 16.5. The molecule has 0 spiro atoms. The van der Waals surface area contributed by atoms with Gasteiger partial charge < -0.3 is 19.5 Å². The summed E-state index contributed by atoms with van der Waals surface area (Å²) in [6.45, 7) is 7.95. The van der Waals surface area contributed by atoms with Crippen LogP contribution in [0.4, 0.5) is 0 Å². The monoisotopic (exact) mass is 320 g/mol. The average molecular weight is 320 g/mol. The van der Waals surface area contributed by atoms with Crippen molar-refractivity contribution >= 4 is 0 Å². The molecule has 5 nitrogen and oxygen atoms in total. The van der Waals surface area contributed by atoms with Crippen molar-refractivity contribution in [2.45, 2.75) is 18.9 Å². The van der Waals surface area contributed by atoms with E-state index >= 15 is 0 Å². The molecule has 1 heterocycles. The number of nitrogens with one attached hydrogen (secondary N) is 1. The van der Waals surface area contributed by atoms with E-state index in [1.807, 2.05) is 12.1 Å². The number of ether oxygens (including phenoxy) is 3. The van der Waals surface area contributed by atoms with Crippen LogP contribution < -0.4 is 19.5 Å². The fourth-order valence-electron chi connectivity index (χ4n) is 3.19. The normalized spacial score (nSPS) is 16.7. The van der Waals surface area contributed by atoms with Gasteiger partial charge >= 0.3 is 0 Å². The summed E-state index contributed by atoms with van der Waals surface area (Å²) in [5.74, 6) is 2.11. The molecule has 2 rings (SSSR count). The molecule has 1 fully saturated rings. The van der Waals surface area contributed by atoms with E-state index in [2.05, 4.69) is 22.9 Å². The number of benzene rings is 1. The van der Waals surface area contributed by atoms with Crippen molar-refractivity contribution in [3.8, 4) is 17.2 Å². The molecule has 5 heteroatoms. The van der Waals surface area contributed by atoms with Gasteiger partial charge in [0.2, 0.25) is 5.75 Å². The molecular weight excluding hydrogens is 292 g/mol. The second-order valence-electron chi connectivity index (χ2n) is 5.59. The lowest BCUT2D eigenvalue weighted by Gasteiger charge is -2.36. The van der Waals surface area contributed by atoms with E-state index in [4.69, 9.17) is 14.2 Å². The summed E-state index contributed by atoms with van der Waals surface area (Å²) in [6, 6.07) is 4.33. The van der Waals surface area contributed by atoms with Crippen LogP contribution in [0.1, 0.15) is 24.4 Å². The number of hydrogen-bond donors (Lipinski definition) is 1. The fraction of sp³-hybridized carbons (Fsp3) is 0.556. The third-order valence-electron chi connectivity index (χ3n) is 4.33. The molecule has 0 bridgehead atoms. The first-order chi connectivity index (χ1) is 11.3. The summed E-state index contributed by atoms with van der Waals surface area (Å²) in [6.07, 6.45) is 3.95. The maximum absolute atomic E-state index is 5.69. The molecule has 0 radical (unpaired) electrons. The summed E-state index contributed by atoms with van der Waals surface area (Å²) >= 11 is 0. The van der Waals surface area contributed by atoms with Gasteiger partial charge in [0.15, 0.2) is 11.5 Å².